The summed E-state index contributed by atoms with van der Waals surface area (Å²) in [6.07, 6.45) is 0.228. The highest BCUT2D eigenvalue weighted by Crippen LogP contribution is 2.25. The van der Waals surface area contributed by atoms with Gasteiger partial charge in [0.15, 0.2) is 0 Å². The van der Waals surface area contributed by atoms with Crippen molar-refractivity contribution in [3.63, 3.8) is 0 Å². The Morgan fingerprint density at radius 1 is 1.29 bits per heavy atom. The summed E-state index contributed by atoms with van der Waals surface area (Å²) in [5.41, 5.74) is 1.98. The Balaban J connectivity index is 2.37. The van der Waals surface area contributed by atoms with E-state index in [1.807, 2.05) is 44.6 Å². The number of hydrogen-bond donors (Lipinski definition) is 1. The second-order valence-corrected chi connectivity index (χ2v) is 5.67. The molecule has 0 aliphatic rings. The van der Waals surface area contributed by atoms with Crippen LogP contribution in [0.2, 0.25) is 0 Å². The van der Waals surface area contributed by atoms with Crippen molar-refractivity contribution in [2.45, 2.75) is 33.3 Å². The van der Waals surface area contributed by atoms with Gasteiger partial charge in [0.2, 0.25) is 0 Å². The fourth-order valence-corrected chi connectivity index (χ4v) is 1.93. The Hall–Kier alpha value is -1.35. The number of benzene rings is 1. The van der Waals surface area contributed by atoms with E-state index in [4.69, 9.17) is 0 Å². The number of aliphatic hydroxyl groups is 1. The van der Waals surface area contributed by atoms with E-state index in [0.717, 1.165) is 16.6 Å². The van der Waals surface area contributed by atoms with Crippen molar-refractivity contribution in [1.29, 1.82) is 0 Å². The Morgan fingerprint density at radius 3 is 2.59 bits per heavy atom. The Kier molecular flexibility index (Phi) is 2.96. The predicted octanol–water partition coefficient (Wildman–Crippen LogP) is 2.52. The molecule has 1 unspecified atom stereocenters. The number of fused-ring (bicyclic) bond motifs is 1. The fourth-order valence-electron chi connectivity index (χ4n) is 1.93. The smallest absolute Gasteiger partial charge is 0.0729 e. The van der Waals surface area contributed by atoms with Gasteiger partial charge < -0.3 is 5.11 Å². The molecule has 2 rings (SSSR count). The second-order valence-electron chi connectivity index (χ2n) is 5.67. The maximum Gasteiger partial charge on any atom is 0.0729 e. The van der Waals surface area contributed by atoms with E-state index in [-0.39, 0.29) is 11.5 Å². The van der Waals surface area contributed by atoms with E-state index >= 15 is 0 Å². The molecule has 17 heavy (non-hydrogen) atoms. The predicted molar refractivity (Wildman–Crippen MR) is 69.9 cm³/mol. The maximum absolute atomic E-state index is 10.2. The summed E-state index contributed by atoms with van der Waals surface area (Å²) in [5.74, 6) is 0. The van der Waals surface area contributed by atoms with Gasteiger partial charge in [0.05, 0.1) is 17.3 Å². The van der Waals surface area contributed by atoms with Gasteiger partial charge in [-0.2, -0.15) is 5.10 Å². The minimum Gasteiger partial charge on any atom is -0.392 e. The molecule has 0 saturated heterocycles. The van der Waals surface area contributed by atoms with E-state index in [0.29, 0.717) is 6.42 Å². The number of aryl methyl sites for hydroxylation is 1. The van der Waals surface area contributed by atoms with Gasteiger partial charge in [-0.3, -0.25) is 4.68 Å². The normalized spacial score (nSPS) is 14.2. The minimum atomic E-state index is -0.374. The molecule has 0 amide bonds. The van der Waals surface area contributed by atoms with Crippen molar-refractivity contribution >= 4 is 10.9 Å². The van der Waals surface area contributed by atoms with Crippen molar-refractivity contribution in [2.75, 3.05) is 0 Å². The van der Waals surface area contributed by atoms with Gasteiger partial charge in [-0.15, -0.1) is 0 Å². The molecule has 1 aromatic heterocycles. The molecule has 1 atom stereocenters. The monoisotopic (exact) mass is 232 g/mol. The molecule has 92 valence electrons. The molecule has 0 saturated carbocycles. The van der Waals surface area contributed by atoms with Crippen molar-refractivity contribution in [1.82, 2.24) is 9.78 Å². The Bertz CT molecular complexity index is 522. The summed E-state index contributed by atoms with van der Waals surface area (Å²) in [7, 11) is 1.94. The van der Waals surface area contributed by atoms with Gasteiger partial charge in [0.1, 0.15) is 0 Å². The van der Waals surface area contributed by atoms with E-state index in [1.165, 1.54) is 0 Å². The Labute approximate surface area is 102 Å². The third-order valence-electron chi connectivity index (χ3n) is 3.22. The molecule has 0 bridgehead atoms. The molecule has 0 fully saturated rings. The van der Waals surface area contributed by atoms with Crippen LogP contribution in [-0.4, -0.2) is 21.0 Å². The molecule has 2 aromatic rings. The lowest BCUT2D eigenvalue weighted by Crippen LogP contribution is -2.28. The molecule has 0 radical (unpaired) electrons. The summed E-state index contributed by atoms with van der Waals surface area (Å²) in [6, 6.07) is 8.13. The highest BCUT2D eigenvalue weighted by atomic mass is 16.3. The van der Waals surface area contributed by atoms with Gasteiger partial charge in [-0.05, 0) is 11.5 Å². The van der Waals surface area contributed by atoms with Gasteiger partial charge in [0.25, 0.3) is 0 Å². The maximum atomic E-state index is 10.2. The molecule has 1 N–H and O–H groups in total. The van der Waals surface area contributed by atoms with E-state index in [9.17, 15) is 5.11 Å². The summed E-state index contributed by atoms with van der Waals surface area (Å²) in [4.78, 5) is 0. The van der Waals surface area contributed by atoms with Crippen LogP contribution in [0.4, 0.5) is 0 Å². The molecule has 0 aliphatic heterocycles. The number of aromatic nitrogens is 2. The number of para-hydroxylation sites is 1. The van der Waals surface area contributed by atoms with Crippen LogP contribution < -0.4 is 0 Å². The van der Waals surface area contributed by atoms with Crippen LogP contribution in [-0.2, 0) is 13.5 Å². The SMILES string of the molecule is Cn1nc(CC(O)C(C)(C)C)c2ccccc21. The molecular formula is C14H20N2O. The average Bonchev–Trinajstić information content (AvgIpc) is 2.56. The number of aliphatic hydroxyl groups excluding tert-OH is 1. The third-order valence-corrected chi connectivity index (χ3v) is 3.22. The zero-order chi connectivity index (χ0) is 12.6. The quantitative estimate of drug-likeness (QED) is 0.864. The van der Waals surface area contributed by atoms with Crippen LogP contribution in [0.1, 0.15) is 26.5 Å². The summed E-state index contributed by atoms with van der Waals surface area (Å²) in [5, 5.41) is 15.8. The summed E-state index contributed by atoms with van der Waals surface area (Å²) >= 11 is 0. The molecule has 0 spiro atoms. The first kappa shape index (κ1) is 12.1. The van der Waals surface area contributed by atoms with Crippen LogP contribution >= 0.6 is 0 Å². The van der Waals surface area contributed by atoms with E-state index in [2.05, 4.69) is 17.2 Å². The topological polar surface area (TPSA) is 38.0 Å². The zero-order valence-electron chi connectivity index (χ0n) is 10.9. The first-order chi connectivity index (χ1) is 7.89. The number of hydrogen-bond acceptors (Lipinski definition) is 2. The first-order valence-electron chi connectivity index (χ1n) is 5.98. The molecule has 1 aromatic carbocycles. The minimum absolute atomic E-state index is 0.112. The van der Waals surface area contributed by atoms with Crippen LogP contribution in [0.25, 0.3) is 10.9 Å². The van der Waals surface area contributed by atoms with Gasteiger partial charge >= 0.3 is 0 Å². The number of nitrogens with zero attached hydrogens (tertiary/aromatic N) is 2. The lowest BCUT2D eigenvalue weighted by molar-refractivity contribution is 0.0629. The second kappa shape index (κ2) is 4.15. The van der Waals surface area contributed by atoms with Crippen LogP contribution in [0.3, 0.4) is 0 Å². The first-order valence-corrected chi connectivity index (χ1v) is 5.98. The van der Waals surface area contributed by atoms with E-state index in [1.54, 1.807) is 0 Å². The fraction of sp³-hybridized carbons (Fsp3) is 0.500. The molecule has 3 heteroatoms. The average molecular weight is 232 g/mol. The van der Waals surface area contributed by atoms with Crippen LogP contribution in [0.5, 0.6) is 0 Å². The standard InChI is InChI=1S/C14H20N2O/c1-14(2,3)13(17)9-11-10-7-5-6-8-12(10)16(4)15-11/h5-8,13,17H,9H2,1-4H3. The van der Waals surface area contributed by atoms with Crippen LogP contribution in [0.15, 0.2) is 24.3 Å². The summed E-state index contributed by atoms with van der Waals surface area (Å²) in [6.45, 7) is 6.13. The zero-order valence-corrected chi connectivity index (χ0v) is 10.9. The highest BCUT2D eigenvalue weighted by Gasteiger charge is 2.24. The van der Waals surface area contributed by atoms with Crippen molar-refractivity contribution in [3.05, 3.63) is 30.0 Å². The van der Waals surface area contributed by atoms with Crippen LogP contribution in [0, 0.1) is 5.41 Å². The Morgan fingerprint density at radius 2 is 1.94 bits per heavy atom. The van der Waals surface area contributed by atoms with Gasteiger partial charge in [-0.1, -0.05) is 39.0 Å². The van der Waals surface area contributed by atoms with Gasteiger partial charge in [0, 0.05) is 18.9 Å². The van der Waals surface area contributed by atoms with Crippen molar-refractivity contribution in [3.8, 4) is 0 Å². The van der Waals surface area contributed by atoms with Gasteiger partial charge in [-0.25, -0.2) is 0 Å². The molecule has 3 nitrogen and oxygen atoms in total. The highest BCUT2D eigenvalue weighted by molar-refractivity contribution is 5.81. The van der Waals surface area contributed by atoms with E-state index < -0.39 is 0 Å². The largest absolute Gasteiger partial charge is 0.392 e. The number of rotatable bonds is 2. The molecule has 0 aliphatic carbocycles. The molecular weight excluding hydrogens is 212 g/mol. The third kappa shape index (κ3) is 2.34. The summed E-state index contributed by atoms with van der Waals surface area (Å²) < 4.78 is 1.88. The molecule has 1 heterocycles. The van der Waals surface area contributed by atoms with Crippen molar-refractivity contribution in [2.24, 2.45) is 12.5 Å². The van der Waals surface area contributed by atoms with Crippen molar-refractivity contribution < 1.29 is 5.11 Å². The lowest BCUT2D eigenvalue weighted by atomic mass is 9.86. The lowest BCUT2D eigenvalue weighted by Gasteiger charge is -2.25.